The molecule has 0 saturated heterocycles. The van der Waals surface area contributed by atoms with Crippen LogP contribution in [-0.4, -0.2) is 52.6 Å². The number of benzene rings is 2. The van der Waals surface area contributed by atoms with Crippen LogP contribution >= 0.6 is 0 Å². The van der Waals surface area contributed by atoms with Crippen LogP contribution in [0.4, 0.5) is 5.69 Å². The van der Waals surface area contributed by atoms with Crippen molar-refractivity contribution in [2.24, 2.45) is 0 Å². The smallest absolute Gasteiger partial charge is 0.285 e. The Kier molecular flexibility index (Phi) is 5.48. The molecule has 2 aromatic carbocycles. The number of nitrogens with zero attached hydrogens (tertiary/aromatic N) is 2. The Morgan fingerprint density at radius 3 is 2.63 bits per heavy atom. The van der Waals surface area contributed by atoms with Gasteiger partial charge in [-0.3, -0.25) is 19.2 Å². The molecule has 0 fully saturated rings. The summed E-state index contributed by atoms with van der Waals surface area (Å²) in [4.78, 5) is 16.7. The van der Waals surface area contributed by atoms with E-state index in [1.807, 2.05) is 19.2 Å². The molecule has 158 valence electrons. The summed E-state index contributed by atoms with van der Waals surface area (Å²) in [7, 11) is 3.66. The van der Waals surface area contributed by atoms with Gasteiger partial charge in [0.2, 0.25) is 0 Å². The lowest BCUT2D eigenvalue weighted by Gasteiger charge is -2.32. The van der Waals surface area contributed by atoms with Crippen LogP contribution < -0.4 is 9.47 Å². The van der Waals surface area contributed by atoms with Gasteiger partial charge < -0.3 is 14.5 Å². The lowest BCUT2D eigenvalue weighted by Crippen LogP contribution is -2.35. The zero-order chi connectivity index (χ0) is 21.4. The van der Waals surface area contributed by atoms with E-state index in [2.05, 4.69) is 9.88 Å². The topological polar surface area (TPSA) is 97.7 Å². The molecule has 0 spiro atoms. The van der Waals surface area contributed by atoms with Crippen LogP contribution in [0.15, 0.2) is 41.3 Å². The minimum atomic E-state index is -1.53. The van der Waals surface area contributed by atoms with E-state index in [0.29, 0.717) is 11.5 Å². The van der Waals surface area contributed by atoms with Gasteiger partial charge in [-0.1, -0.05) is 12.1 Å². The summed E-state index contributed by atoms with van der Waals surface area (Å²) in [5, 5.41) is 12.4. The number of H-pyrrole nitrogens is 1. The molecule has 2 heterocycles. The fourth-order valence-corrected chi connectivity index (χ4v) is 5.55. The van der Waals surface area contributed by atoms with Crippen molar-refractivity contribution in [2.45, 2.75) is 17.4 Å². The molecule has 30 heavy (non-hydrogen) atoms. The van der Waals surface area contributed by atoms with E-state index < -0.39 is 15.7 Å². The highest BCUT2D eigenvalue weighted by atomic mass is 32.2. The van der Waals surface area contributed by atoms with Gasteiger partial charge in [0.05, 0.1) is 36.0 Å². The third kappa shape index (κ3) is 3.44. The first-order valence-electron chi connectivity index (χ1n) is 9.53. The Morgan fingerprint density at radius 1 is 1.23 bits per heavy atom. The number of nitro benzene ring substituents is 1. The summed E-state index contributed by atoms with van der Waals surface area (Å²) in [6.07, 6.45) is 0.843. The maximum atomic E-state index is 13.1. The van der Waals surface area contributed by atoms with Crippen molar-refractivity contribution in [2.75, 3.05) is 33.6 Å². The molecule has 2 atom stereocenters. The lowest BCUT2D eigenvalue weighted by molar-refractivity contribution is -0.387. The van der Waals surface area contributed by atoms with E-state index >= 15 is 0 Å². The monoisotopic (exact) mass is 429 g/mol. The number of methoxy groups -OCH3 is 2. The van der Waals surface area contributed by atoms with Crippen molar-refractivity contribution < 1.29 is 18.6 Å². The number of hydrogen-bond donors (Lipinski definition) is 1. The van der Waals surface area contributed by atoms with Crippen LogP contribution in [0.25, 0.3) is 10.9 Å². The molecule has 9 heteroatoms. The fraction of sp³-hybridized carbons (Fsp3) is 0.333. The number of hydrogen-bond acceptors (Lipinski definition) is 6. The first-order chi connectivity index (χ1) is 14.4. The molecular formula is C21H23N3O5S. The third-order valence-electron chi connectivity index (χ3n) is 5.64. The number of ether oxygens (including phenoxy) is 2. The summed E-state index contributed by atoms with van der Waals surface area (Å²) in [5.74, 6) is 1.55. The maximum Gasteiger partial charge on any atom is 0.285 e. The first kappa shape index (κ1) is 20.4. The van der Waals surface area contributed by atoms with Gasteiger partial charge in [-0.2, -0.15) is 0 Å². The zero-order valence-electron chi connectivity index (χ0n) is 17.0. The second-order valence-corrected chi connectivity index (χ2v) is 8.72. The Hall–Kier alpha value is -2.91. The largest absolute Gasteiger partial charge is 0.493 e. The van der Waals surface area contributed by atoms with Crippen LogP contribution in [0.5, 0.6) is 11.5 Å². The van der Waals surface area contributed by atoms with E-state index in [0.717, 1.165) is 35.1 Å². The van der Waals surface area contributed by atoms with Crippen LogP contribution in [0.2, 0.25) is 0 Å². The maximum absolute atomic E-state index is 13.1. The molecule has 4 rings (SSSR count). The molecule has 3 aromatic rings. The van der Waals surface area contributed by atoms with Crippen LogP contribution in [0, 0.1) is 10.1 Å². The van der Waals surface area contributed by atoms with Crippen LogP contribution in [0.3, 0.4) is 0 Å². The standard InChI is InChI=1S/C21H23N3O5S/c1-23-9-8-13-14-10-18(28-2)19(29-3)11-15(14)22-21(13)17(23)12-30(27)20-7-5-4-6-16(20)24(25)26/h4-7,10-11,17,22H,8-9,12H2,1-3H3/t17-,30-/m1/s1. The molecule has 0 amide bonds. The highest BCUT2D eigenvalue weighted by molar-refractivity contribution is 7.85. The second kappa shape index (κ2) is 8.08. The van der Waals surface area contributed by atoms with Crippen molar-refractivity contribution in [1.29, 1.82) is 0 Å². The normalized spacial score (nSPS) is 17.5. The average molecular weight is 429 g/mol. The van der Waals surface area contributed by atoms with Gasteiger partial charge in [0.1, 0.15) is 4.90 Å². The molecule has 1 aliphatic rings. The Bertz CT molecular complexity index is 1140. The van der Waals surface area contributed by atoms with Crippen molar-refractivity contribution in [3.05, 3.63) is 57.8 Å². The Balaban J connectivity index is 1.74. The van der Waals surface area contributed by atoms with Gasteiger partial charge in [-0.15, -0.1) is 0 Å². The number of rotatable bonds is 6. The molecule has 0 saturated carbocycles. The Labute approximate surface area is 176 Å². The molecule has 0 aliphatic carbocycles. The molecule has 0 unspecified atom stereocenters. The van der Waals surface area contributed by atoms with Gasteiger partial charge >= 0.3 is 0 Å². The third-order valence-corrected chi connectivity index (χ3v) is 7.09. The predicted molar refractivity (Wildman–Crippen MR) is 115 cm³/mol. The summed E-state index contributed by atoms with van der Waals surface area (Å²) in [6, 6.07) is 9.94. The highest BCUT2D eigenvalue weighted by Gasteiger charge is 2.31. The van der Waals surface area contributed by atoms with Gasteiger partial charge in [-0.05, 0) is 31.2 Å². The average Bonchev–Trinajstić information content (AvgIpc) is 3.12. The summed E-state index contributed by atoms with van der Waals surface area (Å²) < 4.78 is 24.0. The summed E-state index contributed by atoms with van der Waals surface area (Å²) in [6.45, 7) is 0.799. The minimum Gasteiger partial charge on any atom is -0.493 e. The minimum absolute atomic E-state index is 0.111. The number of nitro groups is 1. The van der Waals surface area contributed by atoms with E-state index in [4.69, 9.17) is 9.47 Å². The predicted octanol–water partition coefficient (Wildman–Crippen LogP) is 3.43. The van der Waals surface area contributed by atoms with Crippen molar-refractivity contribution >= 4 is 27.4 Å². The number of para-hydroxylation sites is 1. The fourth-order valence-electron chi connectivity index (χ4n) is 4.06. The SMILES string of the molecule is COc1cc2[nH]c3c(c2cc1OC)CCN(C)[C@@H]3C[S@@](=O)c1ccccc1[N+](=O)[O-]. The zero-order valence-corrected chi connectivity index (χ0v) is 17.8. The second-order valence-electron chi connectivity index (χ2n) is 7.25. The van der Waals surface area contributed by atoms with E-state index in [1.54, 1.807) is 32.4 Å². The molecule has 1 N–H and O–H groups in total. The molecule has 8 nitrogen and oxygen atoms in total. The van der Waals surface area contributed by atoms with Gasteiger partial charge in [0, 0.05) is 41.0 Å². The highest BCUT2D eigenvalue weighted by Crippen LogP contribution is 2.39. The molecule has 1 aliphatic heterocycles. The summed E-state index contributed by atoms with van der Waals surface area (Å²) in [5.41, 5.74) is 2.96. The lowest BCUT2D eigenvalue weighted by atomic mass is 9.98. The number of fused-ring (bicyclic) bond motifs is 3. The number of nitrogens with one attached hydrogen (secondary N) is 1. The van der Waals surface area contributed by atoms with Crippen LogP contribution in [-0.2, 0) is 17.2 Å². The van der Waals surface area contributed by atoms with E-state index in [1.165, 1.54) is 6.07 Å². The molecule has 0 bridgehead atoms. The summed E-state index contributed by atoms with van der Waals surface area (Å²) >= 11 is 0. The quantitative estimate of drug-likeness (QED) is 0.476. The molecular weight excluding hydrogens is 406 g/mol. The van der Waals surface area contributed by atoms with Crippen molar-refractivity contribution in [3.8, 4) is 11.5 Å². The molecule has 0 radical (unpaired) electrons. The van der Waals surface area contributed by atoms with E-state index in [-0.39, 0.29) is 22.4 Å². The van der Waals surface area contributed by atoms with Crippen molar-refractivity contribution in [1.82, 2.24) is 9.88 Å². The number of aromatic nitrogens is 1. The van der Waals surface area contributed by atoms with Crippen LogP contribution in [0.1, 0.15) is 17.3 Å². The van der Waals surface area contributed by atoms with Gasteiger partial charge in [0.15, 0.2) is 11.5 Å². The first-order valence-corrected chi connectivity index (χ1v) is 10.8. The Morgan fingerprint density at radius 2 is 1.93 bits per heavy atom. The number of aromatic amines is 1. The molecule has 1 aromatic heterocycles. The van der Waals surface area contributed by atoms with Crippen molar-refractivity contribution in [3.63, 3.8) is 0 Å². The number of likely N-dealkylation sites (N-methyl/N-ethyl adjacent to an activating group) is 1. The van der Waals surface area contributed by atoms with Gasteiger partial charge in [0.25, 0.3) is 5.69 Å². The van der Waals surface area contributed by atoms with E-state index in [9.17, 15) is 14.3 Å². The van der Waals surface area contributed by atoms with Gasteiger partial charge in [-0.25, -0.2) is 0 Å².